The molecule has 2 rings (SSSR count). The molecule has 5 nitrogen and oxygen atoms in total. The molecule has 1 N–H and O–H groups in total. The van der Waals surface area contributed by atoms with Crippen LogP contribution in [0.25, 0.3) is 0 Å². The van der Waals surface area contributed by atoms with Crippen molar-refractivity contribution in [2.45, 2.75) is 12.8 Å². The molecule has 1 atom stereocenters. The molecule has 1 aromatic rings. The van der Waals surface area contributed by atoms with Crippen LogP contribution in [0.1, 0.15) is 12.8 Å². The van der Waals surface area contributed by atoms with Crippen LogP contribution in [0.3, 0.4) is 0 Å². The van der Waals surface area contributed by atoms with E-state index >= 15 is 0 Å². The maximum absolute atomic E-state index is 12.1. The Morgan fingerprint density at radius 1 is 1.43 bits per heavy atom. The van der Waals surface area contributed by atoms with Gasteiger partial charge in [0, 0.05) is 43.4 Å². The average molecular weight is 355 g/mol. The third-order valence-electron chi connectivity index (χ3n) is 3.46. The van der Waals surface area contributed by atoms with Crippen LogP contribution >= 0.6 is 15.9 Å². The van der Waals surface area contributed by atoms with Crippen LogP contribution in [0.15, 0.2) is 28.7 Å². The fourth-order valence-electron chi connectivity index (χ4n) is 2.33. The molecule has 1 unspecified atom stereocenters. The van der Waals surface area contributed by atoms with Gasteiger partial charge in [0.25, 0.3) is 0 Å². The van der Waals surface area contributed by atoms with E-state index in [1.54, 1.807) is 12.0 Å². The molecule has 1 aliphatic heterocycles. The lowest BCUT2D eigenvalue weighted by Gasteiger charge is -2.16. The fraction of sp³-hybridized carbons (Fsp3) is 0.467. The summed E-state index contributed by atoms with van der Waals surface area (Å²) >= 11 is 3.37. The van der Waals surface area contributed by atoms with Crippen molar-refractivity contribution in [2.75, 3.05) is 31.7 Å². The van der Waals surface area contributed by atoms with Gasteiger partial charge < -0.3 is 15.0 Å². The highest BCUT2D eigenvalue weighted by atomic mass is 79.9. The third-order valence-corrected chi connectivity index (χ3v) is 3.99. The number of methoxy groups -OCH3 is 1. The Morgan fingerprint density at radius 3 is 2.81 bits per heavy atom. The molecule has 1 fully saturated rings. The minimum Gasteiger partial charge on any atom is -0.385 e. The summed E-state index contributed by atoms with van der Waals surface area (Å²) in [6.07, 6.45) is 1.05. The topological polar surface area (TPSA) is 58.6 Å². The van der Waals surface area contributed by atoms with Crippen LogP contribution in [0.5, 0.6) is 0 Å². The number of carbonyl (C=O) groups is 2. The minimum atomic E-state index is -0.274. The van der Waals surface area contributed by atoms with Gasteiger partial charge in [0.05, 0.1) is 5.92 Å². The molecule has 1 heterocycles. The van der Waals surface area contributed by atoms with Crippen LogP contribution < -0.4 is 10.2 Å². The van der Waals surface area contributed by atoms with Crippen molar-refractivity contribution in [2.24, 2.45) is 5.92 Å². The molecule has 1 aliphatic rings. The Bertz CT molecular complexity index is 504. The van der Waals surface area contributed by atoms with Crippen molar-refractivity contribution in [1.82, 2.24) is 5.32 Å². The van der Waals surface area contributed by atoms with Gasteiger partial charge in [-0.05, 0) is 30.7 Å². The molecule has 2 amide bonds. The molecule has 1 aromatic carbocycles. The third kappa shape index (κ3) is 4.28. The summed E-state index contributed by atoms with van der Waals surface area (Å²) < 4.78 is 5.90. The second kappa shape index (κ2) is 7.56. The standard InChI is InChI=1S/C15H19BrN2O3/c1-21-8-2-7-17-15(20)11-9-14(19)18(10-11)13-5-3-12(16)4-6-13/h3-6,11H,2,7-10H2,1H3,(H,17,20). The van der Waals surface area contributed by atoms with Gasteiger partial charge in [0.2, 0.25) is 11.8 Å². The van der Waals surface area contributed by atoms with Crippen LogP contribution in [0.2, 0.25) is 0 Å². The average Bonchev–Trinajstić information content (AvgIpc) is 2.86. The van der Waals surface area contributed by atoms with Gasteiger partial charge in [0.15, 0.2) is 0 Å². The first-order chi connectivity index (χ1) is 10.1. The van der Waals surface area contributed by atoms with E-state index in [2.05, 4.69) is 21.2 Å². The van der Waals surface area contributed by atoms with E-state index in [9.17, 15) is 9.59 Å². The molecule has 0 radical (unpaired) electrons. The largest absolute Gasteiger partial charge is 0.385 e. The number of amides is 2. The molecule has 6 heteroatoms. The summed E-state index contributed by atoms with van der Waals surface area (Å²) in [6.45, 7) is 1.64. The molecule has 0 saturated carbocycles. The van der Waals surface area contributed by atoms with E-state index in [1.807, 2.05) is 24.3 Å². The number of rotatable bonds is 6. The van der Waals surface area contributed by atoms with Crippen molar-refractivity contribution >= 4 is 33.4 Å². The van der Waals surface area contributed by atoms with E-state index < -0.39 is 0 Å². The quantitative estimate of drug-likeness (QED) is 0.794. The monoisotopic (exact) mass is 354 g/mol. The molecular formula is C15H19BrN2O3. The normalized spacial score (nSPS) is 18.1. The second-order valence-corrected chi connectivity index (χ2v) is 5.93. The molecule has 1 saturated heterocycles. The summed E-state index contributed by atoms with van der Waals surface area (Å²) in [5, 5.41) is 2.86. The zero-order valence-electron chi connectivity index (χ0n) is 12.0. The van der Waals surface area contributed by atoms with Crippen LogP contribution in [0.4, 0.5) is 5.69 Å². The Hall–Kier alpha value is -1.40. The SMILES string of the molecule is COCCCNC(=O)C1CC(=O)N(c2ccc(Br)cc2)C1. The van der Waals surface area contributed by atoms with E-state index in [0.29, 0.717) is 19.7 Å². The minimum absolute atomic E-state index is 0.00522. The summed E-state index contributed by atoms with van der Waals surface area (Å²) in [5.74, 6) is -0.336. The molecule has 114 valence electrons. The lowest BCUT2D eigenvalue weighted by Crippen LogP contribution is -2.33. The second-order valence-electron chi connectivity index (χ2n) is 5.02. The Labute approximate surface area is 132 Å². The molecule has 0 spiro atoms. The summed E-state index contributed by atoms with van der Waals surface area (Å²) in [7, 11) is 1.63. The number of anilines is 1. The zero-order valence-corrected chi connectivity index (χ0v) is 13.6. The highest BCUT2D eigenvalue weighted by Crippen LogP contribution is 2.26. The first kappa shape index (κ1) is 16.0. The predicted octanol–water partition coefficient (Wildman–Crippen LogP) is 1.95. The number of benzene rings is 1. The molecule has 21 heavy (non-hydrogen) atoms. The number of nitrogens with zero attached hydrogens (tertiary/aromatic N) is 1. The van der Waals surface area contributed by atoms with Gasteiger partial charge in [-0.25, -0.2) is 0 Å². The van der Waals surface area contributed by atoms with Crippen molar-refractivity contribution in [3.05, 3.63) is 28.7 Å². The van der Waals surface area contributed by atoms with Gasteiger partial charge in [-0.1, -0.05) is 15.9 Å². The van der Waals surface area contributed by atoms with Crippen molar-refractivity contribution in [1.29, 1.82) is 0 Å². The zero-order chi connectivity index (χ0) is 15.2. The van der Waals surface area contributed by atoms with Crippen molar-refractivity contribution in [3.63, 3.8) is 0 Å². The van der Waals surface area contributed by atoms with Crippen LogP contribution in [-0.4, -0.2) is 38.6 Å². The van der Waals surface area contributed by atoms with E-state index in [0.717, 1.165) is 16.6 Å². The van der Waals surface area contributed by atoms with Gasteiger partial charge >= 0.3 is 0 Å². The highest BCUT2D eigenvalue weighted by Gasteiger charge is 2.34. The maximum atomic E-state index is 12.1. The van der Waals surface area contributed by atoms with Crippen LogP contribution in [-0.2, 0) is 14.3 Å². The Kier molecular flexibility index (Phi) is 5.76. The van der Waals surface area contributed by atoms with Gasteiger partial charge in [-0.2, -0.15) is 0 Å². The molecule has 0 bridgehead atoms. The van der Waals surface area contributed by atoms with Gasteiger partial charge in [-0.3, -0.25) is 9.59 Å². The number of ether oxygens (including phenoxy) is 1. The molecule has 0 aromatic heterocycles. The fourth-order valence-corrected chi connectivity index (χ4v) is 2.59. The lowest BCUT2D eigenvalue weighted by atomic mass is 10.1. The predicted molar refractivity (Wildman–Crippen MR) is 84.1 cm³/mol. The van der Waals surface area contributed by atoms with Gasteiger partial charge in [-0.15, -0.1) is 0 Å². The first-order valence-corrected chi connectivity index (χ1v) is 7.73. The molecule has 0 aliphatic carbocycles. The first-order valence-electron chi connectivity index (χ1n) is 6.94. The smallest absolute Gasteiger partial charge is 0.227 e. The number of hydrogen-bond donors (Lipinski definition) is 1. The highest BCUT2D eigenvalue weighted by molar-refractivity contribution is 9.10. The van der Waals surface area contributed by atoms with Gasteiger partial charge in [0.1, 0.15) is 0 Å². The van der Waals surface area contributed by atoms with Crippen LogP contribution in [0, 0.1) is 5.92 Å². The Balaban J connectivity index is 1.90. The number of hydrogen-bond acceptors (Lipinski definition) is 3. The summed E-state index contributed by atoms with van der Waals surface area (Å²) in [5.41, 5.74) is 0.831. The lowest BCUT2D eigenvalue weighted by molar-refractivity contribution is -0.126. The maximum Gasteiger partial charge on any atom is 0.227 e. The molecular weight excluding hydrogens is 336 g/mol. The van der Waals surface area contributed by atoms with E-state index in [-0.39, 0.29) is 24.2 Å². The van der Waals surface area contributed by atoms with Crippen molar-refractivity contribution in [3.8, 4) is 0 Å². The number of carbonyl (C=O) groups excluding carboxylic acids is 2. The van der Waals surface area contributed by atoms with E-state index in [4.69, 9.17) is 4.74 Å². The number of halogens is 1. The van der Waals surface area contributed by atoms with Crippen molar-refractivity contribution < 1.29 is 14.3 Å². The van der Waals surface area contributed by atoms with E-state index in [1.165, 1.54) is 0 Å². The summed E-state index contributed by atoms with van der Waals surface area (Å²) in [6, 6.07) is 7.53. The summed E-state index contributed by atoms with van der Waals surface area (Å²) in [4.78, 5) is 25.8. The Morgan fingerprint density at radius 2 is 2.14 bits per heavy atom. The number of nitrogens with one attached hydrogen (secondary N) is 1.